The van der Waals surface area contributed by atoms with Crippen molar-refractivity contribution >= 4 is 0 Å². The second kappa shape index (κ2) is 2.68. The monoisotopic (exact) mass is 121 g/mol. The Hall–Kier alpha value is -0.770. The number of allylic oxidation sites excluding steroid dienone is 2. The molecular weight excluding hydrogens is 110 g/mol. The summed E-state index contributed by atoms with van der Waals surface area (Å²) in [4.78, 5) is 0. The maximum Gasteiger partial charge on any atom is 0.0697 e. The van der Waals surface area contributed by atoms with Crippen LogP contribution in [-0.4, -0.2) is 0 Å². The maximum absolute atomic E-state index is 8.51. The molecule has 9 heavy (non-hydrogen) atoms. The average Bonchev–Trinajstić information content (AvgIpc) is 1.88. The van der Waals surface area contributed by atoms with Gasteiger partial charge in [0.1, 0.15) is 0 Å². The minimum absolute atomic E-state index is 0.189. The van der Waals surface area contributed by atoms with Crippen LogP contribution in [0, 0.1) is 23.2 Å². The Balaban J connectivity index is 2.52. The van der Waals surface area contributed by atoms with Crippen molar-refractivity contribution < 1.29 is 0 Å². The third kappa shape index (κ3) is 1.57. The molecule has 1 rings (SSSR count). The van der Waals surface area contributed by atoms with Crippen LogP contribution in [0.25, 0.3) is 0 Å². The van der Waals surface area contributed by atoms with Crippen molar-refractivity contribution in [1.29, 1.82) is 5.26 Å². The van der Waals surface area contributed by atoms with E-state index in [1.165, 1.54) is 0 Å². The lowest BCUT2D eigenvalue weighted by molar-refractivity contribution is 0.479. The van der Waals surface area contributed by atoms with Gasteiger partial charge in [0.25, 0.3) is 0 Å². The van der Waals surface area contributed by atoms with Crippen LogP contribution in [0.4, 0.5) is 0 Å². The van der Waals surface area contributed by atoms with Crippen molar-refractivity contribution in [2.45, 2.75) is 19.8 Å². The van der Waals surface area contributed by atoms with Crippen LogP contribution < -0.4 is 0 Å². The minimum Gasteiger partial charge on any atom is -0.198 e. The molecule has 0 fully saturated rings. The fraction of sp³-hybridized carbons (Fsp3) is 0.625. The summed E-state index contributed by atoms with van der Waals surface area (Å²) in [6.45, 7) is 2.19. The number of nitriles is 1. The second-order valence-corrected chi connectivity index (χ2v) is 2.74. The summed E-state index contributed by atoms with van der Waals surface area (Å²) in [5.41, 5.74) is 0. The van der Waals surface area contributed by atoms with E-state index in [4.69, 9.17) is 5.26 Å². The van der Waals surface area contributed by atoms with Crippen molar-refractivity contribution in [3.63, 3.8) is 0 Å². The highest BCUT2D eigenvalue weighted by atomic mass is 14.3. The van der Waals surface area contributed by atoms with Gasteiger partial charge in [-0.05, 0) is 18.8 Å². The Morgan fingerprint density at radius 2 is 2.44 bits per heavy atom. The van der Waals surface area contributed by atoms with E-state index in [-0.39, 0.29) is 5.92 Å². The molecule has 0 radical (unpaired) electrons. The molecule has 0 N–H and O–H groups in total. The zero-order valence-corrected chi connectivity index (χ0v) is 5.67. The topological polar surface area (TPSA) is 23.8 Å². The molecule has 1 nitrogen and oxygen atoms in total. The van der Waals surface area contributed by atoms with Gasteiger partial charge in [0, 0.05) is 0 Å². The summed E-state index contributed by atoms with van der Waals surface area (Å²) in [6, 6.07) is 2.25. The van der Waals surface area contributed by atoms with Crippen LogP contribution in [-0.2, 0) is 0 Å². The van der Waals surface area contributed by atoms with Gasteiger partial charge in [0.05, 0.1) is 12.0 Å². The molecule has 0 aromatic rings. The predicted octanol–water partition coefficient (Wildman–Crippen LogP) is 2.11. The van der Waals surface area contributed by atoms with E-state index in [1.54, 1.807) is 0 Å². The standard InChI is InChI=1S/C8H11N/c1-7-3-2-4-8(5-7)6-9/h2,4,7-8H,3,5H2,1H3. The first kappa shape index (κ1) is 6.35. The first-order chi connectivity index (χ1) is 4.33. The molecule has 0 aromatic carbocycles. The smallest absolute Gasteiger partial charge is 0.0697 e. The molecule has 2 unspecified atom stereocenters. The maximum atomic E-state index is 8.51. The Kier molecular flexibility index (Phi) is 1.89. The Morgan fingerprint density at radius 3 is 2.89 bits per heavy atom. The normalized spacial score (nSPS) is 33.8. The molecular formula is C8H11N. The lowest BCUT2D eigenvalue weighted by Crippen LogP contribution is -2.05. The van der Waals surface area contributed by atoms with E-state index >= 15 is 0 Å². The zero-order valence-electron chi connectivity index (χ0n) is 5.67. The highest BCUT2D eigenvalue weighted by molar-refractivity contribution is 5.04. The zero-order chi connectivity index (χ0) is 6.69. The summed E-state index contributed by atoms with van der Waals surface area (Å²) in [7, 11) is 0. The van der Waals surface area contributed by atoms with Gasteiger partial charge in [-0.2, -0.15) is 5.26 Å². The fourth-order valence-electron chi connectivity index (χ4n) is 1.18. The molecule has 0 heterocycles. The van der Waals surface area contributed by atoms with Crippen molar-refractivity contribution in [3.8, 4) is 6.07 Å². The summed E-state index contributed by atoms with van der Waals surface area (Å²) in [5, 5.41) is 8.51. The van der Waals surface area contributed by atoms with Gasteiger partial charge in [-0.25, -0.2) is 0 Å². The summed E-state index contributed by atoms with van der Waals surface area (Å²) in [5.74, 6) is 0.897. The van der Waals surface area contributed by atoms with Gasteiger partial charge >= 0.3 is 0 Å². The van der Waals surface area contributed by atoms with Crippen molar-refractivity contribution in [3.05, 3.63) is 12.2 Å². The molecule has 0 aliphatic heterocycles. The van der Waals surface area contributed by atoms with Gasteiger partial charge in [-0.3, -0.25) is 0 Å². The van der Waals surface area contributed by atoms with E-state index in [0.29, 0.717) is 5.92 Å². The first-order valence-electron chi connectivity index (χ1n) is 3.39. The largest absolute Gasteiger partial charge is 0.198 e. The van der Waals surface area contributed by atoms with Crippen LogP contribution in [0.15, 0.2) is 12.2 Å². The van der Waals surface area contributed by atoms with E-state index in [1.807, 2.05) is 6.08 Å². The van der Waals surface area contributed by atoms with Gasteiger partial charge in [0.15, 0.2) is 0 Å². The van der Waals surface area contributed by atoms with E-state index in [9.17, 15) is 0 Å². The molecule has 2 atom stereocenters. The Bertz CT molecular complexity index is 152. The van der Waals surface area contributed by atoms with Gasteiger partial charge < -0.3 is 0 Å². The Morgan fingerprint density at radius 1 is 1.67 bits per heavy atom. The van der Waals surface area contributed by atoms with Crippen molar-refractivity contribution in [2.75, 3.05) is 0 Å². The van der Waals surface area contributed by atoms with E-state index in [0.717, 1.165) is 12.8 Å². The Labute approximate surface area is 56.0 Å². The number of nitrogens with zero attached hydrogens (tertiary/aromatic N) is 1. The summed E-state index contributed by atoms with van der Waals surface area (Å²) in [6.07, 6.45) is 6.33. The van der Waals surface area contributed by atoms with E-state index in [2.05, 4.69) is 19.1 Å². The molecule has 0 saturated carbocycles. The molecule has 1 aliphatic rings. The molecule has 0 aromatic heterocycles. The van der Waals surface area contributed by atoms with Crippen LogP contribution in [0.1, 0.15) is 19.8 Å². The highest BCUT2D eigenvalue weighted by Crippen LogP contribution is 2.21. The third-order valence-electron chi connectivity index (χ3n) is 1.73. The molecule has 0 saturated heterocycles. The van der Waals surface area contributed by atoms with Crippen LogP contribution in [0.5, 0.6) is 0 Å². The van der Waals surface area contributed by atoms with Crippen molar-refractivity contribution in [1.82, 2.24) is 0 Å². The summed E-state index contributed by atoms with van der Waals surface area (Å²) < 4.78 is 0. The second-order valence-electron chi connectivity index (χ2n) is 2.74. The number of hydrogen-bond acceptors (Lipinski definition) is 1. The molecule has 1 heteroatoms. The van der Waals surface area contributed by atoms with Crippen LogP contribution in [0.3, 0.4) is 0 Å². The number of rotatable bonds is 0. The van der Waals surface area contributed by atoms with Gasteiger partial charge in [-0.15, -0.1) is 0 Å². The highest BCUT2D eigenvalue weighted by Gasteiger charge is 2.12. The summed E-state index contributed by atoms with van der Waals surface area (Å²) >= 11 is 0. The van der Waals surface area contributed by atoms with Crippen LogP contribution in [0.2, 0.25) is 0 Å². The lowest BCUT2D eigenvalue weighted by Gasteiger charge is -2.15. The van der Waals surface area contributed by atoms with E-state index < -0.39 is 0 Å². The quantitative estimate of drug-likeness (QED) is 0.450. The van der Waals surface area contributed by atoms with Gasteiger partial charge in [0.2, 0.25) is 0 Å². The van der Waals surface area contributed by atoms with Crippen LogP contribution >= 0.6 is 0 Å². The first-order valence-corrected chi connectivity index (χ1v) is 3.39. The predicted molar refractivity (Wildman–Crippen MR) is 36.6 cm³/mol. The molecule has 0 spiro atoms. The minimum atomic E-state index is 0.189. The van der Waals surface area contributed by atoms with Gasteiger partial charge in [-0.1, -0.05) is 19.1 Å². The molecule has 48 valence electrons. The average molecular weight is 121 g/mol. The number of hydrogen-bond donors (Lipinski definition) is 0. The molecule has 0 amide bonds. The third-order valence-corrected chi connectivity index (χ3v) is 1.73. The SMILES string of the molecule is CC1CC=CC(C#N)C1. The van der Waals surface area contributed by atoms with Crippen molar-refractivity contribution in [2.24, 2.45) is 11.8 Å². The fourth-order valence-corrected chi connectivity index (χ4v) is 1.18. The lowest BCUT2D eigenvalue weighted by atomic mass is 9.89. The molecule has 0 bridgehead atoms. The molecule has 1 aliphatic carbocycles.